The Morgan fingerprint density at radius 1 is 1.23 bits per heavy atom. The first kappa shape index (κ1) is 19.8. The fourth-order valence-corrected chi connectivity index (χ4v) is 4.26. The lowest BCUT2D eigenvalue weighted by Crippen LogP contribution is -2.53. The maximum absolute atomic E-state index is 15.3. The zero-order valence-corrected chi connectivity index (χ0v) is 16.6. The van der Waals surface area contributed by atoms with Crippen molar-refractivity contribution < 1.29 is 13.2 Å². The Labute approximate surface area is 172 Å². The predicted molar refractivity (Wildman–Crippen MR) is 109 cm³/mol. The van der Waals surface area contributed by atoms with Crippen LogP contribution in [-0.2, 0) is 0 Å². The highest BCUT2D eigenvalue weighted by Crippen LogP contribution is 2.44. The van der Waals surface area contributed by atoms with Crippen molar-refractivity contribution in [3.8, 4) is 17.5 Å². The number of anilines is 2. The Hall–Kier alpha value is -3.47. The third-order valence-electron chi connectivity index (χ3n) is 5.45. The van der Waals surface area contributed by atoms with Gasteiger partial charge in [-0.05, 0) is 49.7 Å². The van der Waals surface area contributed by atoms with Crippen LogP contribution < -0.4 is 10.6 Å². The highest BCUT2D eigenvalue weighted by Gasteiger charge is 2.43. The summed E-state index contributed by atoms with van der Waals surface area (Å²) in [4.78, 5) is 2.04. The molecule has 154 valence electrons. The quantitative estimate of drug-likeness (QED) is 0.676. The number of hydrogen-bond donors (Lipinski definition) is 1. The molecule has 2 N–H and O–H groups in total. The molecule has 0 amide bonds. The molecule has 0 saturated carbocycles. The lowest BCUT2D eigenvalue weighted by Gasteiger charge is -2.48. The summed E-state index contributed by atoms with van der Waals surface area (Å²) < 4.78 is 34.9. The number of nitriles is 1. The van der Waals surface area contributed by atoms with Crippen LogP contribution in [0.15, 0.2) is 46.9 Å². The zero-order valence-electron chi connectivity index (χ0n) is 16.6. The third kappa shape index (κ3) is 3.71. The molecule has 3 aromatic rings. The first-order chi connectivity index (χ1) is 14.3. The van der Waals surface area contributed by atoms with E-state index in [-0.39, 0.29) is 17.8 Å². The van der Waals surface area contributed by atoms with Crippen LogP contribution in [0.3, 0.4) is 0 Å². The molecule has 0 radical (unpaired) electrons. The van der Waals surface area contributed by atoms with Crippen molar-refractivity contribution in [2.24, 2.45) is 5.92 Å². The van der Waals surface area contributed by atoms with Gasteiger partial charge in [0.2, 0.25) is 5.89 Å². The van der Waals surface area contributed by atoms with Crippen molar-refractivity contribution in [3.05, 3.63) is 59.4 Å². The van der Waals surface area contributed by atoms with Crippen molar-refractivity contribution in [2.75, 3.05) is 23.7 Å². The van der Waals surface area contributed by atoms with Crippen LogP contribution in [0, 0.1) is 23.1 Å². The summed E-state index contributed by atoms with van der Waals surface area (Å²) in [6.07, 6.45) is 0. The minimum Gasteiger partial charge on any atom is -0.404 e. The van der Waals surface area contributed by atoms with Crippen molar-refractivity contribution in [1.82, 2.24) is 10.2 Å². The summed E-state index contributed by atoms with van der Waals surface area (Å²) in [5, 5.41) is 16.7. The second-order valence-electron chi connectivity index (χ2n) is 8.05. The average molecular weight is 409 g/mol. The fourth-order valence-electron chi connectivity index (χ4n) is 4.26. The van der Waals surface area contributed by atoms with Gasteiger partial charge in [-0.3, -0.25) is 0 Å². The van der Waals surface area contributed by atoms with E-state index in [9.17, 15) is 9.65 Å². The molecule has 0 spiro atoms. The highest BCUT2D eigenvalue weighted by atomic mass is 19.1. The fraction of sp³-hybridized carbons (Fsp3) is 0.318. The minimum atomic E-state index is -1.59. The highest BCUT2D eigenvalue weighted by molar-refractivity contribution is 5.61. The molecule has 8 heteroatoms. The maximum Gasteiger partial charge on any atom is 0.313 e. The Morgan fingerprint density at radius 2 is 1.97 bits per heavy atom. The van der Waals surface area contributed by atoms with E-state index >= 15 is 4.39 Å². The molecule has 4 rings (SSSR count). The van der Waals surface area contributed by atoms with Gasteiger partial charge in [-0.2, -0.15) is 5.26 Å². The van der Waals surface area contributed by atoms with E-state index in [2.05, 4.69) is 16.3 Å². The number of aromatic nitrogens is 2. The van der Waals surface area contributed by atoms with E-state index in [1.54, 1.807) is 12.1 Å². The molecule has 1 atom stereocenters. The number of nitrogen functional groups attached to an aromatic ring is 1. The second kappa shape index (κ2) is 7.41. The molecule has 6 nitrogen and oxygen atoms in total. The van der Waals surface area contributed by atoms with Gasteiger partial charge in [0, 0.05) is 30.5 Å². The summed E-state index contributed by atoms with van der Waals surface area (Å²) in [6, 6.07) is 13.7. The molecule has 1 saturated heterocycles. The van der Waals surface area contributed by atoms with Crippen LogP contribution in [0.5, 0.6) is 0 Å². The summed E-state index contributed by atoms with van der Waals surface area (Å²) in [6.45, 7) is 4.13. The van der Waals surface area contributed by atoms with E-state index < -0.39 is 17.4 Å². The molecule has 0 unspecified atom stereocenters. The Bertz CT molecular complexity index is 1110. The van der Waals surface area contributed by atoms with Crippen LogP contribution in [0.25, 0.3) is 11.5 Å². The van der Waals surface area contributed by atoms with Gasteiger partial charge in [-0.15, -0.1) is 5.10 Å². The number of benzene rings is 2. The molecule has 1 aromatic heterocycles. The Kier molecular flexibility index (Phi) is 4.90. The molecule has 2 aromatic carbocycles. The van der Waals surface area contributed by atoms with Crippen LogP contribution in [-0.4, -0.2) is 29.0 Å². The average Bonchev–Trinajstić information content (AvgIpc) is 3.09. The number of hydrogen-bond acceptors (Lipinski definition) is 6. The van der Waals surface area contributed by atoms with Crippen molar-refractivity contribution in [1.29, 1.82) is 5.26 Å². The minimum absolute atomic E-state index is 0.0563. The predicted octanol–water partition coefficient (Wildman–Crippen LogP) is 4.30. The summed E-state index contributed by atoms with van der Waals surface area (Å²) >= 11 is 0. The summed E-state index contributed by atoms with van der Waals surface area (Å²) in [7, 11) is 0. The van der Waals surface area contributed by atoms with Crippen LogP contribution in [0.1, 0.15) is 30.9 Å². The smallest absolute Gasteiger partial charge is 0.313 e. The normalized spacial score (nSPS) is 15.5. The van der Waals surface area contributed by atoms with Crippen molar-refractivity contribution in [3.63, 3.8) is 0 Å². The molecule has 2 heterocycles. The van der Waals surface area contributed by atoms with Crippen LogP contribution in [0.4, 0.5) is 20.5 Å². The van der Waals surface area contributed by atoms with E-state index in [0.717, 1.165) is 5.69 Å². The largest absolute Gasteiger partial charge is 0.404 e. The van der Waals surface area contributed by atoms with Crippen molar-refractivity contribution >= 4 is 11.7 Å². The van der Waals surface area contributed by atoms with E-state index in [1.165, 1.54) is 26.0 Å². The third-order valence-corrected chi connectivity index (χ3v) is 5.45. The number of halogens is 2. The van der Waals surface area contributed by atoms with Crippen molar-refractivity contribution in [2.45, 2.75) is 25.4 Å². The molecular formula is C22H21F2N5O. The second-order valence-corrected chi connectivity index (χ2v) is 8.05. The number of para-hydroxylation sites is 1. The van der Waals surface area contributed by atoms with Gasteiger partial charge in [-0.25, -0.2) is 8.78 Å². The lowest BCUT2D eigenvalue weighted by atomic mass is 9.72. The molecule has 0 bridgehead atoms. The van der Waals surface area contributed by atoms with Gasteiger partial charge < -0.3 is 15.1 Å². The molecule has 0 aliphatic carbocycles. The first-order valence-corrected chi connectivity index (χ1v) is 9.59. The summed E-state index contributed by atoms with van der Waals surface area (Å²) in [5.41, 5.74) is 6.16. The maximum atomic E-state index is 15.3. The van der Waals surface area contributed by atoms with Crippen LogP contribution >= 0.6 is 0 Å². The first-order valence-electron chi connectivity index (χ1n) is 9.59. The van der Waals surface area contributed by atoms with E-state index in [0.29, 0.717) is 29.8 Å². The van der Waals surface area contributed by atoms with Gasteiger partial charge >= 0.3 is 6.01 Å². The van der Waals surface area contributed by atoms with Gasteiger partial charge in [0.1, 0.15) is 17.6 Å². The summed E-state index contributed by atoms with van der Waals surface area (Å²) in [5.74, 6) is -1.04. The van der Waals surface area contributed by atoms with Crippen LogP contribution in [0.2, 0.25) is 0 Å². The molecular weight excluding hydrogens is 388 g/mol. The number of rotatable bonds is 5. The molecule has 1 fully saturated rings. The number of alkyl halides is 1. The molecule has 1 aliphatic rings. The van der Waals surface area contributed by atoms with E-state index in [4.69, 9.17) is 10.2 Å². The van der Waals surface area contributed by atoms with Gasteiger partial charge in [0.05, 0.1) is 11.3 Å². The topological polar surface area (TPSA) is 92.0 Å². The van der Waals surface area contributed by atoms with Gasteiger partial charge in [0.15, 0.2) is 0 Å². The number of nitrogens with two attached hydrogens (primary N) is 1. The lowest BCUT2D eigenvalue weighted by molar-refractivity contribution is 0.118. The van der Waals surface area contributed by atoms with Gasteiger partial charge in [0.25, 0.3) is 0 Å². The number of nitrogens with zero attached hydrogens (tertiary/aromatic N) is 4. The SMILES string of the molecule is CC(C)(F)[C@H](c1cc(F)cc(-c2nnc(N)o2)c1)C1CN(c2ccccc2C#N)C1. The standard InChI is InChI=1S/C22H21F2N5O/c1-22(2,24)19(16-11-29(12-16)18-6-4-3-5-13(18)10-25)14-7-15(9-17(23)8-14)20-27-28-21(26)30-20/h3-9,16,19H,11-12H2,1-2H3,(H2,26,28)/t19-/m1/s1. The Morgan fingerprint density at radius 3 is 2.60 bits per heavy atom. The monoisotopic (exact) mass is 409 g/mol. The molecule has 30 heavy (non-hydrogen) atoms. The zero-order chi connectivity index (χ0) is 21.5. The van der Waals surface area contributed by atoms with E-state index in [1.807, 2.05) is 23.1 Å². The van der Waals surface area contributed by atoms with Gasteiger partial charge in [-0.1, -0.05) is 17.2 Å². The Balaban J connectivity index is 1.64. The molecule has 1 aliphatic heterocycles.